The molecule has 0 spiro atoms. The maximum Gasteiger partial charge on any atom is 0.264 e. The molecular weight excluding hydrogens is 617 g/mol. The predicted octanol–water partition coefficient (Wildman–Crippen LogP) is 6.74. The van der Waals surface area contributed by atoms with E-state index in [9.17, 15) is 18.0 Å². The third-order valence-corrected chi connectivity index (χ3v) is 9.81. The summed E-state index contributed by atoms with van der Waals surface area (Å²) < 4.78 is 29.0. The summed E-state index contributed by atoms with van der Waals surface area (Å²) >= 11 is 13.1. The minimum Gasteiger partial charge on any atom is -0.352 e. The molecule has 0 saturated heterocycles. The molecule has 1 N–H and O–H groups in total. The number of rotatable bonds is 13. The number of para-hydroxylation sites is 1. The minimum absolute atomic E-state index is 0.0349. The molecule has 0 unspecified atom stereocenters. The molecule has 4 aromatic carbocycles. The standard InChI is InChI=1S/C34H35Cl2N3O4S/c1-3-25(2)37-34(41)32(22-26-14-7-4-8-15-26)38(23-29-30(35)20-13-21-31(29)36)33(40)24-39(27-16-9-5-10-17-27)44(42,43)28-18-11-6-12-19-28/h4-21,25,32H,3,22-24H2,1-2H3,(H,37,41)/t25-,32+/m1/s1. The van der Waals surface area contributed by atoms with E-state index in [0.717, 1.165) is 9.87 Å². The molecule has 44 heavy (non-hydrogen) atoms. The van der Waals surface area contributed by atoms with Crippen LogP contribution in [0.2, 0.25) is 10.0 Å². The van der Waals surface area contributed by atoms with Gasteiger partial charge in [0.05, 0.1) is 10.6 Å². The number of hydrogen-bond acceptors (Lipinski definition) is 4. The average molecular weight is 653 g/mol. The Kier molecular flexibility index (Phi) is 11.4. The number of hydrogen-bond donors (Lipinski definition) is 1. The van der Waals surface area contributed by atoms with Gasteiger partial charge in [0.25, 0.3) is 10.0 Å². The van der Waals surface area contributed by atoms with Crippen LogP contribution in [0.3, 0.4) is 0 Å². The van der Waals surface area contributed by atoms with Gasteiger partial charge >= 0.3 is 0 Å². The zero-order chi connectivity index (χ0) is 31.7. The van der Waals surface area contributed by atoms with E-state index in [1.54, 1.807) is 66.7 Å². The molecule has 0 aliphatic rings. The first-order valence-electron chi connectivity index (χ1n) is 14.3. The van der Waals surface area contributed by atoms with Crippen molar-refractivity contribution in [1.29, 1.82) is 0 Å². The van der Waals surface area contributed by atoms with E-state index in [1.807, 2.05) is 44.2 Å². The van der Waals surface area contributed by atoms with Crippen molar-refractivity contribution in [2.24, 2.45) is 0 Å². The molecule has 4 aromatic rings. The summed E-state index contributed by atoms with van der Waals surface area (Å²) in [5, 5.41) is 3.66. The van der Waals surface area contributed by atoms with Crippen molar-refractivity contribution in [1.82, 2.24) is 10.2 Å². The molecule has 0 radical (unpaired) electrons. The van der Waals surface area contributed by atoms with Gasteiger partial charge in [0.2, 0.25) is 11.8 Å². The number of amides is 2. The summed E-state index contributed by atoms with van der Waals surface area (Å²) in [5.41, 5.74) is 1.59. The summed E-state index contributed by atoms with van der Waals surface area (Å²) in [7, 11) is -4.17. The van der Waals surface area contributed by atoms with Crippen LogP contribution in [-0.4, -0.2) is 43.8 Å². The smallest absolute Gasteiger partial charge is 0.264 e. The number of carbonyl (C=O) groups excluding carboxylic acids is 2. The molecule has 0 heterocycles. The summed E-state index contributed by atoms with van der Waals surface area (Å²) in [4.78, 5) is 29.8. The highest BCUT2D eigenvalue weighted by Gasteiger charge is 2.35. The van der Waals surface area contributed by atoms with E-state index in [4.69, 9.17) is 23.2 Å². The second-order valence-corrected chi connectivity index (χ2v) is 13.1. The Morgan fingerprint density at radius 2 is 1.34 bits per heavy atom. The molecule has 0 saturated carbocycles. The van der Waals surface area contributed by atoms with E-state index in [0.29, 0.717) is 27.7 Å². The number of benzene rings is 4. The first kappa shape index (κ1) is 33.1. The average Bonchev–Trinajstić information content (AvgIpc) is 3.03. The van der Waals surface area contributed by atoms with Crippen LogP contribution in [-0.2, 0) is 32.6 Å². The lowest BCUT2D eigenvalue weighted by molar-refractivity contribution is -0.140. The number of anilines is 1. The Labute approximate surface area is 269 Å². The number of sulfonamides is 1. The van der Waals surface area contributed by atoms with Crippen LogP contribution in [0, 0.1) is 0 Å². The van der Waals surface area contributed by atoms with Gasteiger partial charge in [-0.2, -0.15) is 0 Å². The summed E-state index contributed by atoms with van der Waals surface area (Å²) in [6.07, 6.45) is 0.874. The van der Waals surface area contributed by atoms with Crippen molar-refractivity contribution in [2.45, 2.75) is 50.2 Å². The molecule has 0 aromatic heterocycles. The van der Waals surface area contributed by atoms with Gasteiger partial charge < -0.3 is 10.2 Å². The Balaban J connectivity index is 1.82. The van der Waals surface area contributed by atoms with Crippen LogP contribution in [0.5, 0.6) is 0 Å². The number of nitrogens with one attached hydrogen (secondary N) is 1. The fraction of sp³-hybridized carbons (Fsp3) is 0.235. The van der Waals surface area contributed by atoms with Crippen LogP contribution in [0.4, 0.5) is 5.69 Å². The van der Waals surface area contributed by atoms with Gasteiger partial charge in [-0.25, -0.2) is 8.42 Å². The lowest BCUT2D eigenvalue weighted by atomic mass is 10.0. The molecule has 4 rings (SSSR count). The Bertz CT molecular complexity index is 1640. The van der Waals surface area contributed by atoms with Crippen molar-refractivity contribution in [3.05, 3.63) is 130 Å². The number of carbonyl (C=O) groups is 2. The van der Waals surface area contributed by atoms with Crippen molar-refractivity contribution >= 4 is 50.7 Å². The summed E-state index contributed by atoms with van der Waals surface area (Å²) in [5.74, 6) is -0.957. The van der Waals surface area contributed by atoms with Crippen molar-refractivity contribution in [3.63, 3.8) is 0 Å². The van der Waals surface area contributed by atoms with Crippen LogP contribution in [0.15, 0.2) is 114 Å². The first-order valence-corrected chi connectivity index (χ1v) is 16.5. The molecular formula is C34H35Cl2N3O4S. The number of nitrogens with zero attached hydrogens (tertiary/aromatic N) is 2. The van der Waals surface area contributed by atoms with Crippen LogP contribution < -0.4 is 9.62 Å². The van der Waals surface area contributed by atoms with Crippen LogP contribution >= 0.6 is 23.2 Å². The molecule has 0 fully saturated rings. The second kappa shape index (κ2) is 15.2. The molecule has 2 atom stereocenters. The third kappa shape index (κ3) is 8.20. The Morgan fingerprint density at radius 1 is 0.795 bits per heavy atom. The Hall–Kier alpha value is -3.85. The zero-order valence-electron chi connectivity index (χ0n) is 24.6. The van der Waals surface area contributed by atoms with Gasteiger partial charge in [0.1, 0.15) is 12.6 Å². The maximum atomic E-state index is 14.5. The molecule has 0 aliphatic heterocycles. The fourth-order valence-corrected chi connectivity index (χ4v) is 6.64. The summed E-state index contributed by atoms with van der Waals surface area (Å²) in [6.45, 7) is 3.16. The molecule has 0 bridgehead atoms. The maximum absolute atomic E-state index is 14.5. The third-order valence-electron chi connectivity index (χ3n) is 7.32. The van der Waals surface area contributed by atoms with Gasteiger partial charge in [-0.05, 0) is 55.3 Å². The van der Waals surface area contributed by atoms with Crippen LogP contribution in [0.25, 0.3) is 0 Å². The van der Waals surface area contributed by atoms with Gasteiger partial charge in [-0.15, -0.1) is 0 Å². The quantitative estimate of drug-likeness (QED) is 0.173. The topological polar surface area (TPSA) is 86.8 Å². The molecule has 0 aliphatic carbocycles. The van der Waals surface area contributed by atoms with Crippen molar-refractivity contribution in [3.8, 4) is 0 Å². The lowest BCUT2D eigenvalue weighted by Gasteiger charge is -2.34. The monoisotopic (exact) mass is 651 g/mol. The second-order valence-electron chi connectivity index (χ2n) is 10.4. The lowest BCUT2D eigenvalue weighted by Crippen LogP contribution is -2.54. The van der Waals surface area contributed by atoms with Gasteiger partial charge in [0.15, 0.2) is 0 Å². The SMILES string of the molecule is CC[C@@H](C)NC(=O)[C@H](Cc1ccccc1)N(Cc1c(Cl)cccc1Cl)C(=O)CN(c1ccccc1)S(=O)(=O)c1ccccc1. The van der Waals surface area contributed by atoms with Gasteiger partial charge in [-0.1, -0.05) is 103 Å². The molecule has 7 nitrogen and oxygen atoms in total. The largest absolute Gasteiger partial charge is 0.352 e. The van der Waals surface area contributed by atoms with E-state index in [2.05, 4.69) is 5.32 Å². The van der Waals surface area contributed by atoms with E-state index in [-0.39, 0.29) is 29.8 Å². The van der Waals surface area contributed by atoms with E-state index in [1.165, 1.54) is 17.0 Å². The Morgan fingerprint density at radius 3 is 1.91 bits per heavy atom. The first-order chi connectivity index (χ1) is 21.1. The van der Waals surface area contributed by atoms with E-state index < -0.39 is 28.5 Å². The minimum atomic E-state index is -4.17. The van der Waals surface area contributed by atoms with Crippen LogP contribution in [0.1, 0.15) is 31.4 Å². The van der Waals surface area contributed by atoms with Crippen molar-refractivity contribution in [2.75, 3.05) is 10.8 Å². The molecule has 2 amide bonds. The zero-order valence-corrected chi connectivity index (χ0v) is 26.9. The van der Waals surface area contributed by atoms with Crippen molar-refractivity contribution < 1.29 is 18.0 Å². The predicted molar refractivity (Wildman–Crippen MR) is 176 cm³/mol. The highest BCUT2D eigenvalue weighted by atomic mass is 35.5. The molecule has 230 valence electrons. The highest BCUT2D eigenvalue weighted by molar-refractivity contribution is 7.92. The summed E-state index contributed by atoms with van der Waals surface area (Å²) in [6, 6.07) is 29.6. The normalized spacial score (nSPS) is 12.6. The fourth-order valence-electron chi connectivity index (χ4n) is 4.69. The highest BCUT2D eigenvalue weighted by Crippen LogP contribution is 2.29. The van der Waals surface area contributed by atoms with E-state index >= 15 is 0 Å². The van der Waals surface area contributed by atoms with Gasteiger partial charge in [0, 0.05) is 34.6 Å². The van der Waals surface area contributed by atoms with Gasteiger partial charge in [-0.3, -0.25) is 13.9 Å². The molecule has 10 heteroatoms. The number of halogens is 2.